The summed E-state index contributed by atoms with van der Waals surface area (Å²) in [6.45, 7) is 0.0446. The molecule has 0 fully saturated rings. The van der Waals surface area contributed by atoms with E-state index in [2.05, 4.69) is 10.3 Å². The van der Waals surface area contributed by atoms with Crippen molar-refractivity contribution in [1.29, 1.82) is 5.26 Å². The predicted molar refractivity (Wildman–Crippen MR) is 51.2 cm³/mol. The van der Waals surface area contributed by atoms with Crippen molar-refractivity contribution in [3.05, 3.63) is 23.0 Å². The average Bonchev–Trinajstić information content (AvgIpc) is 2.61. The Labute approximate surface area is 90.6 Å². The smallest absolute Gasteiger partial charge is 0.208 e. The second-order valence-electron chi connectivity index (χ2n) is 3.07. The third-order valence-corrected chi connectivity index (χ3v) is 2.51. The summed E-state index contributed by atoms with van der Waals surface area (Å²) in [6, 6.07) is 2.00. The van der Waals surface area contributed by atoms with Gasteiger partial charge in [-0.3, -0.25) is 9.78 Å². The van der Waals surface area contributed by atoms with Gasteiger partial charge in [-0.15, -0.1) is 0 Å². The Kier molecular flexibility index (Phi) is 2.21. The van der Waals surface area contributed by atoms with E-state index in [4.69, 9.17) is 21.6 Å². The molecule has 1 aromatic rings. The number of hydrogen-bond donors (Lipinski definition) is 1. The first-order chi connectivity index (χ1) is 7.23. The quantitative estimate of drug-likeness (QED) is 0.745. The van der Waals surface area contributed by atoms with Gasteiger partial charge in [-0.2, -0.15) is 5.26 Å². The fraction of sp³-hybridized carbons (Fsp3) is 0.222. The van der Waals surface area contributed by atoms with Crippen LogP contribution in [0.4, 0.5) is 0 Å². The molecule has 76 valence electrons. The van der Waals surface area contributed by atoms with Gasteiger partial charge in [0.25, 0.3) is 0 Å². The third-order valence-electron chi connectivity index (χ3n) is 2.24. The molecule has 5 nitrogen and oxygen atoms in total. The lowest BCUT2D eigenvalue weighted by Gasteiger charge is -2.17. The summed E-state index contributed by atoms with van der Waals surface area (Å²) in [5, 5.41) is 11.8. The minimum absolute atomic E-state index is 0.0446. The lowest BCUT2D eigenvalue weighted by atomic mass is 9.96. The van der Waals surface area contributed by atoms with E-state index in [-0.39, 0.29) is 6.61 Å². The highest BCUT2D eigenvalue weighted by atomic mass is 35.5. The number of amides is 1. The highest BCUT2D eigenvalue weighted by Crippen LogP contribution is 2.40. The number of fused-ring (bicyclic) bond motifs is 1. The largest absolute Gasteiger partial charge is 0.488 e. The molecule has 0 spiro atoms. The van der Waals surface area contributed by atoms with E-state index < -0.39 is 5.54 Å². The van der Waals surface area contributed by atoms with Gasteiger partial charge in [-0.25, -0.2) is 0 Å². The van der Waals surface area contributed by atoms with E-state index in [1.807, 2.05) is 6.07 Å². The number of halogens is 1. The zero-order valence-corrected chi connectivity index (χ0v) is 8.28. The van der Waals surface area contributed by atoms with Gasteiger partial charge in [0.1, 0.15) is 17.4 Å². The molecule has 0 aromatic carbocycles. The van der Waals surface area contributed by atoms with Crippen LogP contribution in [0.2, 0.25) is 5.02 Å². The summed E-state index contributed by atoms with van der Waals surface area (Å²) in [7, 11) is 0. The second-order valence-corrected chi connectivity index (χ2v) is 3.47. The van der Waals surface area contributed by atoms with Gasteiger partial charge >= 0.3 is 0 Å². The molecule has 0 saturated carbocycles. The van der Waals surface area contributed by atoms with Crippen molar-refractivity contribution < 1.29 is 9.53 Å². The average molecular weight is 224 g/mol. The van der Waals surface area contributed by atoms with Crippen LogP contribution in [-0.4, -0.2) is 18.0 Å². The van der Waals surface area contributed by atoms with E-state index in [1.165, 1.54) is 12.4 Å². The number of hydrogen-bond acceptors (Lipinski definition) is 4. The van der Waals surface area contributed by atoms with Crippen molar-refractivity contribution >= 4 is 18.0 Å². The number of nitrogens with one attached hydrogen (secondary N) is 1. The molecular weight excluding hydrogens is 218 g/mol. The van der Waals surface area contributed by atoms with Crippen molar-refractivity contribution in [2.45, 2.75) is 5.54 Å². The topological polar surface area (TPSA) is 75.0 Å². The van der Waals surface area contributed by atoms with Gasteiger partial charge in [-0.05, 0) is 0 Å². The van der Waals surface area contributed by atoms with Crippen molar-refractivity contribution in [2.75, 3.05) is 6.61 Å². The fourth-order valence-electron chi connectivity index (χ4n) is 1.48. The maximum Gasteiger partial charge on any atom is 0.208 e. The highest BCUT2D eigenvalue weighted by Gasteiger charge is 2.42. The number of ether oxygens (including phenoxy) is 1. The highest BCUT2D eigenvalue weighted by molar-refractivity contribution is 6.32. The van der Waals surface area contributed by atoms with Gasteiger partial charge < -0.3 is 10.1 Å². The minimum atomic E-state index is -1.17. The lowest BCUT2D eigenvalue weighted by Crippen LogP contribution is -2.41. The maximum absolute atomic E-state index is 10.4. The molecular formula is C9H6ClN3O2. The number of nitrogens with zero attached hydrogens (tertiary/aromatic N) is 2. The molecule has 0 aliphatic carbocycles. The first kappa shape index (κ1) is 9.74. The summed E-state index contributed by atoms with van der Waals surface area (Å²) < 4.78 is 5.27. The van der Waals surface area contributed by atoms with Crippen LogP contribution in [0.5, 0.6) is 5.75 Å². The van der Waals surface area contributed by atoms with Crippen LogP contribution < -0.4 is 10.1 Å². The van der Waals surface area contributed by atoms with Gasteiger partial charge in [0.15, 0.2) is 5.54 Å². The molecule has 0 radical (unpaired) electrons. The van der Waals surface area contributed by atoms with E-state index in [0.717, 1.165) is 0 Å². The van der Waals surface area contributed by atoms with Gasteiger partial charge in [0, 0.05) is 12.4 Å². The number of carbonyl (C=O) groups is 1. The van der Waals surface area contributed by atoms with Crippen molar-refractivity contribution in [2.24, 2.45) is 0 Å². The van der Waals surface area contributed by atoms with Crippen molar-refractivity contribution in [3.63, 3.8) is 0 Å². The van der Waals surface area contributed by atoms with E-state index in [1.54, 1.807) is 0 Å². The van der Waals surface area contributed by atoms with Crippen LogP contribution in [0, 0.1) is 11.3 Å². The summed E-state index contributed by atoms with van der Waals surface area (Å²) in [5.41, 5.74) is -0.681. The number of nitriles is 1. The molecule has 6 heteroatoms. The summed E-state index contributed by atoms with van der Waals surface area (Å²) in [6.07, 6.45) is 3.35. The zero-order valence-electron chi connectivity index (χ0n) is 7.53. The van der Waals surface area contributed by atoms with E-state index in [0.29, 0.717) is 22.7 Å². The molecule has 1 aliphatic rings. The zero-order chi connectivity index (χ0) is 10.9. The molecule has 15 heavy (non-hydrogen) atoms. The lowest BCUT2D eigenvalue weighted by molar-refractivity contribution is -0.110. The second kappa shape index (κ2) is 3.41. The molecule has 2 heterocycles. The van der Waals surface area contributed by atoms with Crippen LogP contribution >= 0.6 is 11.6 Å². The van der Waals surface area contributed by atoms with Gasteiger partial charge in [0.05, 0.1) is 11.6 Å². The van der Waals surface area contributed by atoms with Crippen LogP contribution in [0.25, 0.3) is 0 Å². The third kappa shape index (κ3) is 1.30. The van der Waals surface area contributed by atoms with Crippen LogP contribution in [0.15, 0.2) is 12.4 Å². The normalized spacial score (nSPS) is 22.4. The SMILES string of the molecule is N#CC1(NC=O)COc2c(Cl)cncc21. The Morgan fingerprint density at radius 1 is 1.73 bits per heavy atom. The van der Waals surface area contributed by atoms with Crippen LogP contribution in [0.3, 0.4) is 0 Å². The predicted octanol–water partition coefficient (Wildman–Crippen LogP) is 0.592. The molecule has 0 saturated heterocycles. The van der Waals surface area contributed by atoms with Crippen molar-refractivity contribution in [3.8, 4) is 11.8 Å². The number of pyridine rings is 1. The monoisotopic (exact) mass is 223 g/mol. The molecule has 1 aromatic heterocycles. The fourth-order valence-corrected chi connectivity index (χ4v) is 1.69. The first-order valence-electron chi connectivity index (χ1n) is 4.13. The number of aromatic nitrogens is 1. The summed E-state index contributed by atoms with van der Waals surface area (Å²) in [5.74, 6) is 0.405. The molecule has 1 atom stereocenters. The summed E-state index contributed by atoms with van der Waals surface area (Å²) in [4.78, 5) is 14.3. The van der Waals surface area contributed by atoms with E-state index in [9.17, 15) is 4.79 Å². The molecule has 1 amide bonds. The number of rotatable bonds is 2. The number of carbonyl (C=O) groups excluding carboxylic acids is 1. The molecule has 1 N–H and O–H groups in total. The Morgan fingerprint density at radius 3 is 3.20 bits per heavy atom. The van der Waals surface area contributed by atoms with Gasteiger partial charge in [-0.1, -0.05) is 11.6 Å². The minimum Gasteiger partial charge on any atom is -0.488 e. The Morgan fingerprint density at radius 2 is 2.53 bits per heavy atom. The Hall–Kier alpha value is -1.80. The Balaban J connectivity index is 2.56. The van der Waals surface area contributed by atoms with Gasteiger partial charge in [0.2, 0.25) is 6.41 Å². The standard InChI is InChI=1S/C9H6ClN3O2/c10-7-2-12-1-6-8(7)15-4-9(6,3-11)13-5-14/h1-2,5H,4H2,(H,13,14). The van der Waals surface area contributed by atoms with Crippen LogP contribution in [0.1, 0.15) is 5.56 Å². The molecule has 1 aliphatic heterocycles. The molecule has 1 unspecified atom stereocenters. The Bertz CT molecular complexity index is 457. The van der Waals surface area contributed by atoms with Crippen LogP contribution in [-0.2, 0) is 10.3 Å². The summed E-state index contributed by atoms with van der Waals surface area (Å²) >= 11 is 5.84. The molecule has 0 bridgehead atoms. The first-order valence-corrected chi connectivity index (χ1v) is 4.51. The van der Waals surface area contributed by atoms with E-state index >= 15 is 0 Å². The van der Waals surface area contributed by atoms with Crippen molar-refractivity contribution in [1.82, 2.24) is 10.3 Å². The molecule has 2 rings (SSSR count). The maximum atomic E-state index is 10.4.